The number of aliphatic hydroxyl groups excluding tert-OH is 1. The minimum absolute atomic E-state index is 0.119. The van der Waals surface area contributed by atoms with E-state index in [9.17, 15) is 4.79 Å². The Morgan fingerprint density at radius 3 is 2.85 bits per heavy atom. The van der Waals surface area contributed by atoms with E-state index in [1.165, 1.54) is 25.7 Å². The van der Waals surface area contributed by atoms with Crippen LogP contribution >= 0.6 is 11.3 Å². The fraction of sp³-hybridized carbons (Fsp3) is 0.562. The zero-order valence-corrected chi connectivity index (χ0v) is 12.2. The Balaban J connectivity index is 1.49. The minimum atomic E-state index is -0.119. The van der Waals surface area contributed by atoms with E-state index in [4.69, 9.17) is 5.11 Å². The van der Waals surface area contributed by atoms with Crippen molar-refractivity contribution in [2.24, 2.45) is 17.8 Å². The predicted octanol–water partition coefficient (Wildman–Crippen LogP) is 2.14. The number of carbonyl (C=O) groups excluding carboxylic acids is 1. The molecule has 2 fully saturated rings. The van der Waals surface area contributed by atoms with Gasteiger partial charge < -0.3 is 10.4 Å². The first kappa shape index (κ1) is 13.7. The third kappa shape index (κ3) is 2.89. The monoisotopic (exact) mass is 289 g/mol. The van der Waals surface area contributed by atoms with Crippen molar-refractivity contribution in [3.8, 4) is 11.8 Å². The Morgan fingerprint density at radius 1 is 1.40 bits per heavy atom. The fourth-order valence-corrected chi connectivity index (χ4v) is 4.11. The number of fused-ring (bicyclic) bond motifs is 1. The van der Waals surface area contributed by atoms with Crippen LogP contribution in [0.3, 0.4) is 0 Å². The number of nitrogens with one attached hydrogen (secondary N) is 1. The Bertz CT molecular complexity index is 542. The van der Waals surface area contributed by atoms with Gasteiger partial charge in [-0.05, 0) is 30.7 Å². The van der Waals surface area contributed by atoms with Crippen LogP contribution in [0.15, 0.2) is 11.4 Å². The highest BCUT2D eigenvalue weighted by Crippen LogP contribution is 2.55. The zero-order chi connectivity index (χ0) is 13.9. The molecule has 20 heavy (non-hydrogen) atoms. The van der Waals surface area contributed by atoms with E-state index in [2.05, 4.69) is 17.2 Å². The lowest BCUT2D eigenvalue weighted by molar-refractivity contribution is -0.123. The molecule has 1 aromatic heterocycles. The summed E-state index contributed by atoms with van der Waals surface area (Å²) in [5, 5.41) is 13.7. The van der Waals surface area contributed by atoms with Crippen molar-refractivity contribution < 1.29 is 9.90 Å². The minimum Gasteiger partial charge on any atom is -0.384 e. The van der Waals surface area contributed by atoms with Gasteiger partial charge in [0.25, 0.3) is 0 Å². The number of amides is 1. The van der Waals surface area contributed by atoms with Crippen LogP contribution in [-0.2, 0) is 11.3 Å². The van der Waals surface area contributed by atoms with Crippen molar-refractivity contribution in [2.75, 3.05) is 6.61 Å². The van der Waals surface area contributed by atoms with Gasteiger partial charge in [-0.25, -0.2) is 0 Å². The second-order valence-electron chi connectivity index (χ2n) is 5.62. The average Bonchev–Trinajstić information content (AvgIpc) is 3.03. The molecule has 0 aromatic carbocycles. The molecule has 106 valence electrons. The molecule has 2 aliphatic carbocycles. The van der Waals surface area contributed by atoms with E-state index in [0.717, 1.165) is 10.4 Å². The third-order valence-electron chi connectivity index (χ3n) is 4.36. The Labute approximate surface area is 123 Å². The van der Waals surface area contributed by atoms with Crippen molar-refractivity contribution in [1.82, 2.24) is 5.32 Å². The molecular weight excluding hydrogens is 270 g/mol. The lowest BCUT2D eigenvalue weighted by Gasteiger charge is -2.04. The van der Waals surface area contributed by atoms with Crippen LogP contribution in [0.5, 0.6) is 0 Å². The van der Waals surface area contributed by atoms with Gasteiger partial charge in [-0.2, -0.15) is 0 Å². The third-order valence-corrected chi connectivity index (χ3v) is 5.30. The molecule has 2 aliphatic rings. The van der Waals surface area contributed by atoms with Gasteiger partial charge in [0.1, 0.15) is 6.61 Å². The SMILES string of the molecule is O=C(NCc1cc(C#CCO)cs1)C1C2CCCCC21. The first-order valence-electron chi connectivity index (χ1n) is 7.24. The second kappa shape index (κ2) is 5.99. The summed E-state index contributed by atoms with van der Waals surface area (Å²) in [6.07, 6.45) is 5.07. The van der Waals surface area contributed by atoms with E-state index >= 15 is 0 Å². The predicted molar refractivity (Wildman–Crippen MR) is 79.1 cm³/mol. The maximum Gasteiger partial charge on any atom is 0.223 e. The van der Waals surface area contributed by atoms with E-state index in [0.29, 0.717) is 18.4 Å². The second-order valence-corrected chi connectivity index (χ2v) is 6.61. The maximum absolute atomic E-state index is 12.2. The quantitative estimate of drug-likeness (QED) is 0.838. The number of aliphatic hydroxyl groups is 1. The largest absolute Gasteiger partial charge is 0.384 e. The molecule has 0 saturated heterocycles. The summed E-state index contributed by atoms with van der Waals surface area (Å²) < 4.78 is 0. The lowest BCUT2D eigenvalue weighted by atomic mass is 10.0. The van der Waals surface area contributed by atoms with Gasteiger partial charge in [-0.3, -0.25) is 4.79 Å². The Morgan fingerprint density at radius 2 is 2.15 bits per heavy atom. The van der Waals surface area contributed by atoms with E-state index < -0.39 is 0 Å². The number of hydrogen-bond donors (Lipinski definition) is 2. The molecule has 2 N–H and O–H groups in total. The number of hydrogen-bond acceptors (Lipinski definition) is 3. The molecule has 0 bridgehead atoms. The normalized spacial score (nSPS) is 27.1. The zero-order valence-electron chi connectivity index (χ0n) is 11.4. The molecule has 0 radical (unpaired) electrons. The van der Waals surface area contributed by atoms with Crippen LogP contribution in [0.1, 0.15) is 36.1 Å². The van der Waals surface area contributed by atoms with Gasteiger partial charge in [0, 0.05) is 21.7 Å². The van der Waals surface area contributed by atoms with Crippen LogP contribution in [0.25, 0.3) is 0 Å². The summed E-state index contributed by atoms with van der Waals surface area (Å²) in [6.45, 7) is 0.479. The van der Waals surface area contributed by atoms with Gasteiger partial charge >= 0.3 is 0 Å². The van der Waals surface area contributed by atoms with Crippen LogP contribution in [0.2, 0.25) is 0 Å². The van der Waals surface area contributed by atoms with E-state index in [-0.39, 0.29) is 18.4 Å². The first-order valence-corrected chi connectivity index (χ1v) is 8.12. The highest BCUT2D eigenvalue weighted by atomic mass is 32.1. The first-order chi connectivity index (χ1) is 9.79. The smallest absolute Gasteiger partial charge is 0.223 e. The van der Waals surface area contributed by atoms with Crippen molar-refractivity contribution in [1.29, 1.82) is 0 Å². The van der Waals surface area contributed by atoms with Crippen molar-refractivity contribution in [3.63, 3.8) is 0 Å². The molecule has 1 aromatic rings. The van der Waals surface area contributed by atoms with E-state index in [1.807, 2.05) is 11.4 Å². The average molecular weight is 289 g/mol. The van der Waals surface area contributed by atoms with Gasteiger partial charge in [0.15, 0.2) is 0 Å². The number of thiophene rings is 1. The molecule has 3 rings (SSSR count). The topological polar surface area (TPSA) is 49.3 Å². The molecule has 2 saturated carbocycles. The Kier molecular flexibility index (Phi) is 4.09. The number of carbonyl (C=O) groups is 1. The van der Waals surface area contributed by atoms with Crippen LogP contribution in [0, 0.1) is 29.6 Å². The molecule has 1 heterocycles. The highest BCUT2D eigenvalue weighted by Gasteiger charge is 2.54. The summed E-state index contributed by atoms with van der Waals surface area (Å²) in [6, 6.07) is 1.98. The lowest BCUT2D eigenvalue weighted by Crippen LogP contribution is -2.25. The van der Waals surface area contributed by atoms with Crippen molar-refractivity contribution in [3.05, 3.63) is 21.9 Å². The van der Waals surface area contributed by atoms with Gasteiger partial charge in [-0.15, -0.1) is 11.3 Å². The molecular formula is C16H19NO2S. The molecule has 3 nitrogen and oxygen atoms in total. The van der Waals surface area contributed by atoms with Crippen molar-refractivity contribution >= 4 is 17.2 Å². The summed E-state index contributed by atoms with van der Waals surface area (Å²) in [5.74, 6) is 7.35. The van der Waals surface area contributed by atoms with Gasteiger partial charge in [0.2, 0.25) is 5.91 Å². The van der Waals surface area contributed by atoms with E-state index in [1.54, 1.807) is 11.3 Å². The molecule has 1 amide bonds. The van der Waals surface area contributed by atoms with Gasteiger partial charge in [-0.1, -0.05) is 24.7 Å². The molecule has 4 heteroatoms. The Hall–Kier alpha value is -1.31. The molecule has 0 aliphatic heterocycles. The molecule has 2 unspecified atom stereocenters. The molecule has 0 spiro atoms. The fourth-order valence-electron chi connectivity index (χ4n) is 3.35. The summed E-state index contributed by atoms with van der Waals surface area (Å²) in [5.41, 5.74) is 0.911. The standard InChI is InChI=1S/C16H19NO2S/c18-7-3-4-11-8-12(20-10-11)9-17-16(19)15-13-5-1-2-6-14(13)15/h8,10,13-15,18H,1-2,5-7,9H2,(H,17,19). The summed E-state index contributed by atoms with van der Waals surface area (Å²) in [7, 11) is 0. The van der Waals surface area contributed by atoms with Crippen LogP contribution < -0.4 is 5.32 Å². The van der Waals surface area contributed by atoms with Crippen molar-refractivity contribution in [2.45, 2.75) is 32.2 Å². The van der Waals surface area contributed by atoms with Gasteiger partial charge in [0.05, 0.1) is 6.54 Å². The van der Waals surface area contributed by atoms with Crippen LogP contribution in [-0.4, -0.2) is 17.6 Å². The van der Waals surface area contributed by atoms with Crippen LogP contribution in [0.4, 0.5) is 0 Å². The molecule has 2 atom stereocenters. The summed E-state index contributed by atoms with van der Waals surface area (Å²) >= 11 is 1.60. The number of rotatable bonds is 3. The summed E-state index contributed by atoms with van der Waals surface area (Å²) in [4.78, 5) is 13.3. The highest BCUT2D eigenvalue weighted by molar-refractivity contribution is 7.10. The maximum atomic E-state index is 12.2.